The normalized spacial score (nSPS) is 21.3. The average molecular weight is 205 g/mol. The molecule has 3 N–H and O–H groups in total. The van der Waals surface area contributed by atoms with Gasteiger partial charge in [0.05, 0.1) is 0 Å². The molecule has 0 aromatic heterocycles. The summed E-state index contributed by atoms with van der Waals surface area (Å²) in [6.07, 6.45) is 7.09. The van der Waals surface area contributed by atoms with Crippen LogP contribution >= 0.6 is 11.8 Å². The van der Waals surface area contributed by atoms with E-state index < -0.39 is 0 Å². The predicted octanol–water partition coefficient (Wildman–Crippen LogP) is 1.55. The average Bonchev–Trinajstić information content (AvgIpc) is 2.15. The summed E-state index contributed by atoms with van der Waals surface area (Å²) in [5.74, 6) is 0.276. The molecule has 1 fully saturated rings. The Hall–Kier alpha value is -0.280. The lowest BCUT2D eigenvalue weighted by Gasteiger charge is -2.24. The lowest BCUT2D eigenvalue weighted by molar-refractivity contribution is -0.120. The van der Waals surface area contributed by atoms with Gasteiger partial charge in [0, 0.05) is 0 Å². The van der Waals surface area contributed by atoms with Crippen LogP contribution in [0.25, 0.3) is 0 Å². The number of nitrogens with two attached hydrogens (primary N) is 1. The molecule has 0 unspecified atom stereocenters. The van der Waals surface area contributed by atoms with E-state index in [-0.39, 0.29) is 11.9 Å². The van der Waals surface area contributed by atoms with Crippen molar-refractivity contribution < 1.29 is 4.79 Å². The van der Waals surface area contributed by atoms with Gasteiger partial charge in [-0.1, -0.05) is 32.1 Å². The molecule has 1 aliphatic rings. The highest BCUT2D eigenvalue weighted by Gasteiger charge is 2.21. The maximum Gasteiger partial charge on any atom is 0.235 e. The van der Waals surface area contributed by atoms with Gasteiger partial charge in [-0.25, -0.2) is 4.84 Å². The number of hydrogen-bond acceptors (Lipinski definition) is 2. The van der Waals surface area contributed by atoms with Crippen molar-refractivity contribution in [1.29, 1.82) is 0 Å². The van der Waals surface area contributed by atoms with E-state index in [2.05, 4.69) is 4.84 Å². The van der Waals surface area contributed by atoms with Crippen molar-refractivity contribution in [3.63, 3.8) is 0 Å². The highest BCUT2D eigenvalue weighted by atomic mass is 35.5. The molecule has 13 heavy (non-hydrogen) atoms. The Morgan fingerprint density at radius 3 is 2.54 bits per heavy atom. The summed E-state index contributed by atoms with van der Waals surface area (Å²) in [6, 6.07) is -0.357. The zero-order chi connectivity index (χ0) is 9.68. The van der Waals surface area contributed by atoms with Crippen LogP contribution in [0.2, 0.25) is 0 Å². The highest BCUT2D eigenvalue weighted by molar-refractivity contribution is 6.15. The number of primary amides is 1. The molecule has 1 rings (SSSR count). The molecule has 0 bridgehead atoms. The van der Waals surface area contributed by atoms with Crippen LogP contribution in [0.5, 0.6) is 0 Å². The van der Waals surface area contributed by atoms with Gasteiger partial charge in [0.2, 0.25) is 5.91 Å². The first-order chi connectivity index (χ1) is 6.24. The fourth-order valence-electron chi connectivity index (χ4n) is 1.97. The monoisotopic (exact) mass is 204 g/mol. The number of carbonyl (C=O) groups is 1. The first-order valence-corrected chi connectivity index (χ1v) is 5.27. The first kappa shape index (κ1) is 10.8. The van der Waals surface area contributed by atoms with E-state index in [9.17, 15) is 4.79 Å². The minimum Gasteiger partial charge on any atom is -0.368 e. The molecule has 0 aromatic carbocycles. The molecule has 0 radical (unpaired) electrons. The highest BCUT2D eigenvalue weighted by Crippen LogP contribution is 2.27. The summed E-state index contributed by atoms with van der Waals surface area (Å²) >= 11 is 5.43. The Bertz CT molecular complexity index is 169. The number of nitrogens with one attached hydrogen (secondary N) is 1. The first-order valence-electron chi connectivity index (χ1n) is 4.89. The van der Waals surface area contributed by atoms with Gasteiger partial charge in [-0.05, 0) is 24.1 Å². The van der Waals surface area contributed by atoms with E-state index in [0.29, 0.717) is 5.92 Å². The lowest BCUT2D eigenvalue weighted by Crippen LogP contribution is -2.38. The van der Waals surface area contributed by atoms with Gasteiger partial charge in [0.15, 0.2) is 0 Å². The van der Waals surface area contributed by atoms with Gasteiger partial charge >= 0.3 is 0 Å². The minimum atomic E-state index is -0.357. The van der Waals surface area contributed by atoms with Crippen LogP contribution in [0.1, 0.15) is 38.5 Å². The largest absolute Gasteiger partial charge is 0.368 e. The van der Waals surface area contributed by atoms with Crippen LogP contribution in [-0.4, -0.2) is 11.9 Å². The zero-order valence-electron chi connectivity index (χ0n) is 7.76. The molecular formula is C9H17ClN2O. The third-order valence-corrected chi connectivity index (χ3v) is 3.03. The standard InChI is InChI=1S/C9H17ClN2O/c10-12-8(9(11)13)6-7-4-2-1-3-5-7/h7-8,12H,1-6H2,(H2,11,13)/t8-/m0/s1. The van der Waals surface area contributed by atoms with Gasteiger partial charge in [-0.3, -0.25) is 4.79 Å². The maximum absolute atomic E-state index is 10.9. The lowest BCUT2D eigenvalue weighted by atomic mass is 9.85. The summed E-state index contributed by atoms with van der Waals surface area (Å²) in [4.78, 5) is 13.3. The number of carbonyl (C=O) groups excluding carboxylic acids is 1. The van der Waals surface area contributed by atoms with Gasteiger partial charge in [0.1, 0.15) is 6.04 Å². The van der Waals surface area contributed by atoms with Gasteiger partial charge in [-0.15, -0.1) is 0 Å². The Morgan fingerprint density at radius 2 is 2.08 bits per heavy atom. The topological polar surface area (TPSA) is 55.1 Å². The van der Waals surface area contributed by atoms with Crippen LogP contribution in [0.3, 0.4) is 0 Å². The van der Waals surface area contributed by atoms with Crippen molar-refractivity contribution >= 4 is 17.7 Å². The summed E-state index contributed by atoms with van der Waals surface area (Å²) in [7, 11) is 0. The predicted molar refractivity (Wildman–Crippen MR) is 53.2 cm³/mol. The van der Waals surface area contributed by atoms with Crippen molar-refractivity contribution in [2.75, 3.05) is 0 Å². The molecule has 3 nitrogen and oxygen atoms in total. The van der Waals surface area contributed by atoms with Crippen molar-refractivity contribution in [2.45, 2.75) is 44.6 Å². The Morgan fingerprint density at radius 1 is 1.46 bits per heavy atom. The number of amides is 1. The minimum absolute atomic E-state index is 0.347. The molecule has 0 aromatic rings. The molecule has 0 heterocycles. The molecule has 0 spiro atoms. The van der Waals surface area contributed by atoms with Crippen molar-refractivity contribution in [2.24, 2.45) is 11.7 Å². The van der Waals surface area contributed by atoms with Crippen LogP contribution in [0.4, 0.5) is 0 Å². The van der Waals surface area contributed by atoms with E-state index in [1.807, 2.05) is 0 Å². The SMILES string of the molecule is NC(=O)[C@H](CC1CCCCC1)NCl. The second kappa shape index (κ2) is 5.45. The van der Waals surface area contributed by atoms with E-state index in [1.165, 1.54) is 32.1 Å². The molecule has 76 valence electrons. The Labute approximate surface area is 84.1 Å². The fraction of sp³-hybridized carbons (Fsp3) is 0.889. The molecule has 0 saturated heterocycles. The molecular weight excluding hydrogens is 188 g/mol. The van der Waals surface area contributed by atoms with E-state index >= 15 is 0 Å². The number of rotatable bonds is 4. The molecule has 1 atom stereocenters. The summed E-state index contributed by atoms with van der Waals surface area (Å²) in [6.45, 7) is 0. The summed E-state index contributed by atoms with van der Waals surface area (Å²) in [5.41, 5.74) is 5.18. The molecule has 1 aliphatic carbocycles. The van der Waals surface area contributed by atoms with Crippen molar-refractivity contribution in [3.8, 4) is 0 Å². The van der Waals surface area contributed by atoms with Gasteiger partial charge in [-0.2, -0.15) is 0 Å². The van der Waals surface area contributed by atoms with Crippen LogP contribution < -0.4 is 10.6 Å². The third-order valence-electron chi connectivity index (χ3n) is 2.77. The summed E-state index contributed by atoms with van der Waals surface area (Å²) in [5, 5.41) is 0. The van der Waals surface area contributed by atoms with E-state index in [4.69, 9.17) is 17.5 Å². The number of hydrogen-bond donors (Lipinski definition) is 2. The van der Waals surface area contributed by atoms with Gasteiger partial charge < -0.3 is 5.73 Å². The Balaban J connectivity index is 2.31. The third kappa shape index (κ3) is 3.53. The van der Waals surface area contributed by atoms with Crippen molar-refractivity contribution in [1.82, 2.24) is 4.84 Å². The fourth-order valence-corrected chi connectivity index (χ4v) is 2.17. The van der Waals surface area contributed by atoms with E-state index in [1.54, 1.807) is 0 Å². The number of halogens is 1. The Kier molecular flexibility index (Phi) is 4.53. The van der Waals surface area contributed by atoms with Crippen LogP contribution in [-0.2, 0) is 4.79 Å². The van der Waals surface area contributed by atoms with Crippen LogP contribution in [0, 0.1) is 5.92 Å². The van der Waals surface area contributed by atoms with Crippen molar-refractivity contribution in [3.05, 3.63) is 0 Å². The molecule has 1 amide bonds. The molecule has 1 saturated carbocycles. The summed E-state index contributed by atoms with van der Waals surface area (Å²) < 4.78 is 0. The smallest absolute Gasteiger partial charge is 0.235 e. The zero-order valence-corrected chi connectivity index (χ0v) is 8.52. The maximum atomic E-state index is 10.9. The quantitative estimate of drug-likeness (QED) is 0.683. The van der Waals surface area contributed by atoms with Crippen LogP contribution in [0.15, 0.2) is 0 Å². The van der Waals surface area contributed by atoms with Gasteiger partial charge in [0.25, 0.3) is 0 Å². The van der Waals surface area contributed by atoms with E-state index in [0.717, 1.165) is 6.42 Å². The second-order valence-electron chi connectivity index (χ2n) is 3.80. The molecule has 4 heteroatoms. The molecule has 0 aliphatic heterocycles. The second-order valence-corrected chi connectivity index (χ2v) is 4.02.